The van der Waals surface area contributed by atoms with Gasteiger partial charge in [0.05, 0.1) is 0 Å². The van der Waals surface area contributed by atoms with Gasteiger partial charge in [0.2, 0.25) is 17.7 Å². The summed E-state index contributed by atoms with van der Waals surface area (Å²) in [5.74, 6) is -1.99. The van der Waals surface area contributed by atoms with Crippen molar-refractivity contribution in [3.8, 4) is 0 Å². The number of carbonyl (C=O) groups is 3. The van der Waals surface area contributed by atoms with Gasteiger partial charge in [0, 0.05) is 18.8 Å². The molecule has 0 aliphatic rings. The monoisotopic (exact) mass is 215 g/mol. The second kappa shape index (κ2) is 6.80. The van der Waals surface area contributed by atoms with E-state index in [4.69, 9.17) is 17.2 Å². The Morgan fingerprint density at radius 2 is 1.53 bits per heavy atom. The lowest BCUT2D eigenvalue weighted by molar-refractivity contribution is -0.127. The Balaban J connectivity index is 3.81. The molecule has 0 saturated heterocycles. The fourth-order valence-electron chi connectivity index (χ4n) is 1.28. The van der Waals surface area contributed by atoms with Gasteiger partial charge in [-0.25, -0.2) is 0 Å². The number of unbranched alkanes of at least 4 members (excludes halogenated alkanes) is 1. The molecule has 0 radical (unpaired) electrons. The molecule has 0 rings (SSSR count). The third-order valence-corrected chi connectivity index (χ3v) is 2.08. The van der Waals surface area contributed by atoms with Gasteiger partial charge in [-0.15, -0.1) is 0 Å². The minimum absolute atomic E-state index is 0.0358. The fraction of sp³-hybridized carbons (Fsp3) is 0.667. The van der Waals surface area contributed by atoms with Crippen LogP contribution in [0.15, 0.2) is 0 Å². The largest absolute Gasteiger partial charge is 0.370 e. The maximum atomic E-state index is 10.9. The maximum Gasteiger partial charge on any atom is 0.221 e. The molecule has 86 valence electrons. The van der Waals surface area contributed by atoms with E-state index in [9.17, 15) is 14.4 Å². The van der Waals surface area contributed by atoms with E-state index in [1.807, 2.05) is 0 Å². The Morgan fingerprint density at radius 1 is 0.933 bits per heavy atom. The lowest BCUT2D eigenvalue weighted by atomic mass is 9.97. The number of rotatable bonds is 8. The van der Waals surface area contributed by atoms with Crippen molar-refractivity contribution in [2.75, 3.05) is 0 Å². The zero-order chi connectivity index (χ0) is 11.8. The average molecular weight is 215 g/mol. The van der Waals surface area contributed by atoms with Crippen molar-refractivity contribution in [3.05, 3.63) is 0 Å². The molecule has 6 nitrogen and oxygen atoms in total. The Hall–Kier alpha value is -1.59. The third kappa shape index (κ3) is 7.48. The molecule has 0 saturated carbocycles. The summed E-state index contributed by atoms with van der Waals surface area (Å²) in [4.78, 5) is 31.9. The Morgan fingerprint density at radius 3 is 1.93 bits per heavy atom. The maximum absolute atomic E-state index is 10.9. The van der Waals surface area contributed by atoms with Gasteiger partial charge < -0.3 is 17.2 Å². The van der Waals surface area contributed by atoms with Crippen LogP contribution < -0.4 is 17.2 Å². The molecule has 0 aromatic carbocycles. The van der Waals surface area contributed by atoms with Crippen molar-refractivity contribution in [3.63, 3.8) is 0 Å². The zero-order valence-corrected chi connectivity index (χ0v) is 8.57. The van der Waals surface area contributed by atoms with Gasteiger partial charge in [-0.1, -0.05) is 6.42 Å². The van der Waals surface area contributed by atoms with Crippen molar-refractivity contribution in [1.29, 1.82) is 0 Å². The van der Waals surface area contributed by atoms with E-state index >= 15 is 0 Å². The molecule has 0 bridgehead atoms. The van der Waals surface area contributed by atoms with Crippen LogP contribution in [0.3, 0.4) is 0 Å². The van der Waals surface area contributed by atoms with E-state index in [1.165, 1.54) is 0 Å². The summed E-state index contributed by atoms with van der Waals surface area (Å²) < 4.78 is 0. The topological polar surface area (TPSA) is 129 Å². The third-order valence-electron chi connectivity index (χ3n) is 2.08. The van der Waals surface area contributed by atoms with Gasteiger partial charge in [0.15, 0.2) is 0 Å². The summed E-state index contributed by atoms with van der Waals surface area (Å²) >= 11 is 0. The van der Waals surface area contributed by atoms with Crippen LogP contribution in [0.25, 0.3) is 0 Å². The van der Waals surface area contributed by atoms with Crippen LogP contribution in [0.2, 0.25) is 0 Å². The standard InChI is InChI=1S/C9H17N3O3/c10-7(13)4-2-1-3-6(9(12)15)5-8(11)14/h6H,1-5H2,(H2,10,13)(H2,11,14)(H2,12,15). The molecule has 3 amide bonds. The quantitative estimate of drug-likeness (QED) is 0.449. The molecule has 15 heavy (non-hydrogen) atoms. The minimum atomic E-state index is -0.547. The van der Waals surface area contributed by atoms with E-state index in [0.717, 1.165) is 0 Å². The number of hydrogen-bond acceptors (Lipinski definition) is 3. The second-order valence-electron chi connectivity index (χ2n) is 3.48. The van der Waals surface area contributed by atoms with Crippen molar-refractivity contribution in [1.82, 2.24) is 0 Å². The van der Waals surface area contributed by atoms with Crippen LogP contribution in [-0.4, -0.2) is 17.7 Å². The molecule has 1 atom stereocenters. The van der Waals surface area contributed by atoms with Crippen molar-refractivity contribution >= 4 is 17.7 Å². The predicted octanol–water partition coefficient (Wildman–Crippen LogP) is -0.991. The molecule has 6 N–H and O–H groups in total. The zero-order valence-electron chi connectivity index (χ0n) is 8.57. The van der Waals surface area contributed by atoms with E-state index < -0.39 is 17.7 Å². The van der Waals surface area contributed by atoms with Crippen LogP contribution in [-0.2, 0) is 14.4 Å². The summed E-state index contributed by atoms with van der Waals surface area (Å²) in [7, 11) is 0. The van der Waals surface area contributed by atoms with Crippen LogP contribution in [0.1, 0.15) is 32.1 Å². The highest BCUT2D eigenvalue weighted by Gasteiger charge is 2.17. The number of primary amides is 3. The first-order chi connectivity index (χ1) is 6.93. The van der Waals surface area contributed by atoms with Crippen LogP contribution in [0, 0.1) is 5.92 Å². The molecule has 0 aliphatic heterocycles. The van der Waals surface area contributed by atoms with Crippen LogP contribution in [0.4, 0.5) is 0 Å². The van der Waals surface area contributed by atoms with Gasteiger partial charge >= 0.3 is 0 Å². The van der Waals surface area contributed by atoms with E-state index in [-0.39, 0.29) is 18.7 Å². The van der Waals surface area contributed by atoms with Crippen molar-refractivity contribution in [2.45, 2.75) is 32.1 Å². The molecular weight excluding hydrogens is 198 g/mol. The highest BCUT2D eigenvalue weighted by Crippen LogP contribution is 2.12. The molecule has 0 heterocycles. The summed E-state index contributed by atoms with van der Waals surface area (Å²) in [6.45, 7) is 0. The first-order valence-corrected chi connectivity index (χ1v) is 4.79. The Kier molecular flexibility index (Phi) is 6.08. The lowest BCUT2D eigenvalue weighted by Gasteiger charge is -2.10. The van der Waals surface area contributed by atoms with Crippen LogP contribution >= 0.6 is 0 Å². The van der Waals surface area contributed by atoms with E-state index in [0.29, 0.717) is 19.3 Å². The number of carbonyl (C=O) groups excluding carboxylic acids is 3. The van der Waals surface area contributed by atoms with Gasteiger partial charge in [0.1, 0.15) is 0 Å². The normalized spacial score (nSPS) is 12.0. The fourth-order valence-corrected chi connectivity index (χ4v) is 1.28. The lowest BCUT2D eigenvalue weighted by Crippen LogP contribution is -2.28. The van der Waals surface area contributed by atoms with Crippen LogP contribution in [0.5, 0.6) is 0 Å². The Bertz CT molecular complexity index is 253. The van der Waals surface area contributed by atoms with Gasteiger partial charge in [-0.2, -0.15) is 0 Å². The molecular formula is C9H17N3O3. The molecule has 1 unspecified atom stereocenters. The molecule has 6 heteroatoms. The van der Waals surface area contributed by atoms with E-state index in [1.54, 1.807) is 0 Å². The highest BCUT2D eigenvalue weighted by atomic mass is 16.2. The van der Waals surface area contributed by atoms with Gasteiger partial charge in [-0.3, -0.25) is 14.4 Å². The number of amides is 3. The first kappa shape index (κ1) is 13.4. The SMILES string of the molecule is NC(=O)CCCCC(CC(N)=O)C(N)=O. The van der Waals surface area contributed by atoms with Crippen molar-refractivity contribution < 1.29 is 14.4 Å². The molecule has 0 fully saturated rings. The summed E-state index contributed by atoms with van der Waals surface area (Å²) in [6.07, 6.45) is 1.93. The summed E-state index contributed by atoms with van der Waals surface area (Å²) in [6, 6.07) is 0. The molecule has 0 aliphatic carbocycles. The molecule has 0 aromatic heterocycles. The number of nitrogens with two attached hydrogens (primary N) is 3. The summed E-state index contributed by atoms with van der Waals surface area (Å²) in [5.41, 5.74) is 15.0. The summed E-state index contributed by atoms with van der Waals surface area (Å²) in [5, 5.41) is 0. The molecule has 0 spiro atoms. The Labute approximate surface area is 88.2 Å². The first-order valence-electron chi connectivity index (χ1n) is 4.79. The molecule has 0 aromatic rings. The number of hydrogen-bond donors (Lipinski definition) is 3. The minimum Gasteiger partial charge on any atom is -0.370 e. The van der Waals surface area contributed by atoms with Gasteiger partial charge in [0.25, 0.3) is 0 Å². The van der Waals surface area contributed by atoms with Gasteiger partial charge in [-0.05, 0) is 12.8 Å². The van der Waals surface area contributed by atoms with E-state index in [2.05, 4.69) is 0 Å². The smallest absolute Gasteiger partial charge is 0.221 e. The predicted molar refractivity (Wildman–Crippen MR) is 54.2 cm³/mol. The highest BCUT2D eigenvalue weighted by molar-refractivity contribution is 5.83. The second-order valence-corrected chi connectivity index (χ2v) is 3.48. The average Bonchev–Trinajstić information content (AvgIpc) is 2.08. The van der Waals surface area contributed by atoms with Crippen molar-refractivity contribution in [2.24, 2.45) is 23.1 Å².